The van der Waals surface area contributed by atoms with Crippen molar-refractivity contribution in [1.82, 2.24) is 4.98 Å². The highest BCUT2D eigenvalue weighted by molar-refractivity contribution is 5.90. The first-order valence-electron chi connectivity index (χ1n) is 4.93. The van der Waals surface area contributed by atoms with Crippen LogP contribution < -0.4 is 4.74 Å². The highest BCUT2D eigenvalue weighted by Gasteiger charge is 2.07. The summed E-state index contributed by atoms with van der Waals surface area (Å²) < 4.78 is 5.11. The molecule has 0 saturated carbocycles. The summed E-state index contributed by atoms with van der Waals surface area (Å²) in [5, 5.41) is 8.66. The molecule has 0 spiro atoms. The molecule has 0 aliphatic carbocycles. The molecule has 2 rings (SSSR count). The Morgan fingerprint density at radius 1 is 1.24 bits per heavy atom. The number of carbonyl (C=O) groups is 1. The molecular formula is C13H8N2O2. The minimum absolute atomic E-state index is 0.211. The van der Waals surface area contributed by atoms with Crippen molar-refractivity contribution in [3.63, 3.8) is 0 Å². The fourth-order valence-electron chi connectivity index (χ4n) is 1.28. The summed E-state index contributed by atoms with van der Waals surface area (Å²) in [5.41, 5.74) is 0.672. The van der Waals surface area contributed by atoms with E-state index < -0.39 is 5.97 Å². The Kier molecular flexibility index (Phi) is 3.13. The number of rotatable bonds is 2. The zero-order valence-electron chi connectivity index (χ0n) is 8.83. The minimum atomic E-state index is -0.458. The Labute approximate surface area is 98.1 Å². The van der Waals surface area contributed by atoms with Crippen molar-refractivity contribution >= 4 is 5.97 Å². The standard InChI is InChI=1S/C13H8N2O2/c14-9-11-8-12(6-7-15-11)17-13(16)10-4-2-1-3-5-10/h1-8H. The molecule has 0 fully saturated rings. The van der Waals surface area contributed by atoms with E-state index in [0.717, 1.165) is 0 Å². The Morgan fingerprint density at radius 2 is 2.00 bits per heavy atom. The van der Waals surface area contributed by atoms with Crippen molar-refractivity contribution in [1.29, 1.82) is 5.26 Å². The minimum Gasteiger partial charge on any atom is -0.423 e. The van der Waals surface area contributed by atoms with Gasteiger partial charge >= 0.3 is 5.97 Å². The zero-order valence-corrected chi connectivity index (χ0v) is 8.83. The third kappa shape index (κ3) is 2.67. The molecule has 4 heteroatoms. The fraction of sp³-hybridized carbons (Fsp3) is 0. The quantitative estimate of drug-likeness (QED) is 0.733. The number of carbonyl (C=O) groups excluding carboxylic acids is 1. The van der Waals surface area contributed by atoms with E-state index >= 15 is 0 Å². The van der Waals surface area contributed by atoms with Gasteiger partial charge < -0.3 is 4.74 Å². The third-order valence-electron chi connectivity index (χ3n) is 2.07. The lowest BCUT2D eigenvalue weighted by molar-refractivity contribution is 0.0734. The van der Waals surface area contributed by atoms with Crippen LogP contribution in [0.15, 0.2) is 48.7 Å². The van der Waals surface area contributed by atoms with Gasteiger partial charge in [-0.25, -0.2) is 9.78 Å². The van der Waals surface area contributed by atoms with Gasteiger partial charge in [0.05, 0.1) is 5.56 Å². The van der Waals surface area contributed by atoms with Gasteiger partial charge in [0.1, 0.15) is 17.5 Å². The van der Waals surface area contributed by atoms with Crippen LogP contribution in [0.4, 0.5) is 0 Å². The molecule has 0 atom stereocenters. The highest BCUT2D eigenvalue weighted by Crippen LogP contribution is 2.12. The summed E-state index contributed by atoms with van der Waals surface area (Å²) in [6.07, 6.45) is 1.42. The lowest BCUT2D eigenvalue weighted by Gasteiger charge is -2.03. The van der Waals surface area contributed by atoms with E-state index in [9.17, 15) is 4.79 Å². The van der Waals surface area contributed by atoms with E-state index in [2.05, 4.69) is 4.98 Å². The summed E-state index contributed by atoms with van der Waals surface area (Å²) in [7, 11) is 0. The van der Waals surface area contributed by atoms with Crippen LogP contribution in [0.2, 0.25) is 0 Å². The van der Waals surface area contributed by atoms with Crippen LogP contribution in [0, 0.1) is 11.3 Å². The first kappa shape index (κ1) is 10.8. The number of pyridine rings is 1. The Morgan fingerprint density at radius 3 is 2.71 bits per heavy atom. The number of ether oxygens (including phenoxy) is 1. The monoisotopic (exact) mass is 224 g/mol. The maximum Gasteiger partial charge on any atom is 0.343 e. The number of esters is 1. The molecule has 17 heavy (non-hydrogen) atoms. The number of hydrogen-bond donors (Lipinski definition) is 0. The summed E-state index contributed by atoms with van der Waals surface area (Å²) >= 11 is 0. The first-order chi connectivity index (χ1) is 8.29. The molecule has 1 aromatic heterocycles. The van der Waals surface area contributed by atoms with Gasteiger partial charge in [0.15, 0.2) is 0 Å². The van der Waals surface area contributed by atoms with Gasteiger partial charge in [-0.3, -0.25) is 0 Å². The molecule has 1 aromatic carbocycles. The number of aromatic nitrogens is 1. The second-order valence-electron chi connectivity index (χ2n) is 3.24. The third-order valence-corrected chi connectivity index (χ3v) is 2.07. The predicted octanol–water partition coefficient (Wildman–Crippen LogP) is 2.17. The van der Waals surface area contributed by atoms with Gasteiger partial charge in [0.25, 0.3) is 0 Å². The van der Waals surface area contributed by atoms with Gasteiger partial charge in [-0.15, -0.1) is 0 Å². The molecule has 0 bridgehead atoms. The smallest absolute Gasteiger partial charge is 0.343 e. The van der Waals surface area contributed by atoms with Crippen molar-refractivity contribution in [3.05, 3.63) is 59.9 Å². The molecule has 82 valence electrons. The highest BCUT2D eigenvalue weighted by atomic mass is 16.5. The average Bonchev–Trinajstić information content (AvgIpc) is 2.40. The van der Waals surface area contributed by atoms with Crippen LogP contribution in [0.5, 0.6) is 5.75 Å². The van der Waals surface area contributed by atoms with Gasteiger partial charge in [-0.05, 0) is 18.2 Å². The Bertz CT molecular complexity index is 573. The van der Waals surface area contributed by atoms with Gasteiger partial charge in [0.2, 0.25) is 0 Å². The van der Waals surface area contributed by atoms with Crippen molar-refractivity contribution in [3.8, 4) is 11.8 Å². The number of nitrogens with zero attached hydrogens (tertiary/aromatic N) is 2. The van der Waals surface area contributed by atoms with Crippen LogP contribution in [0.25, 0.3) is 0 Å². The lowest BCUT2D eigenvalue weighted by Crippen LogP contribution is -2.08. The van der Waals surface area contributed by atoms with Crippen molar-refractivity contribution < 1.29 is 9.53 Å². The van der Waals surface area contributed by atoms with E-state index in [-0.39, 0.29) is 5.69 Å². The molecule has 0 aliphatic rings. The van der Waals surface area contributed by atoms with Crippen molar-refractivity contribution in [2.24, 2.45) is 0 Å². The van der Waals surface area contributed by atoms with Gasteiger partial charge in [-0.2, -0.15) is 5.26 Å². The van der Waals surface area contributed by atoms with Crippen LogP contribution >= 0.6 is 0 Å². The molecule has 0 radical (unpaired) electrons. The number of nitriles is 1. The molecule has 0 amide bonds. The van der Waals surface area contributed by atoms with Gasteiger partial charge in [0, 0.05) is 12.3 Å². The molecule has 2 aromatic rings. The van der Waals surface area contributed by atoms with Gasteiger partial charge in [-0.1, -0.05) is 18.2 Å². The molecule has 4 nitrogen and oxygen atoms in total. The predicted molar refractivity (Wildman–Crippen MR) is 60.4 cm³/mol. The van der Waals surface area contributed by atoms with Crippen LogP contribution in [0.1, 0.15) is 16.1 Å². The van der Waals surface area contributed by atoms with Crippen LogP contribution in [-0.2, 0) is 0 Å². The molecular weight excluding hydrogens is 216 g/mol. The SMILES string of the molecule is N#Cc1cc(OC(=O)c2ccccc2)ccn1. The van der Waals surface area contributed by atoms with Crippen LogP contribution in [-0.4, -0.2) is 11.0 Å². The Hall–Kier alpha value is -2.67. The van der Waals surface area contributed by atoms with Crippen molar-refractivity contribution in [2.75, 3.05) is 0 Å². The maximum absolute atomic E-state index is 11.7. The molecule has 0 unspecified atom stereocenters. The van der Waals surface area contributed by atoms with E-state index in [4.69, 9.17) is 10.00 Å². The summed E-state index contributed by atoms with van der Waals surface area (Å²) in [5.74, 6) is -0.147. The molecule has 1 heterocycles. The maximum atomic E-state index is 11.7. The van der Waals surface area contributed by atoms with E-state index in [1.54, 1.807) is 24.3 Å². The summed E-state index contributed by atoms with van der Waals surface area (Å²) in [4.78, 5) is 15.5. The second-order valence-corrected chi connectivity index (χ2v) is 3.24. The molecule has 0 N–H and O–H groups in total. The number of hydrogen-bond acceptors (Lipinski definition) is 4. The van der Waals surface area contributed by atoms with Crippen LogP contribution in [0.3, 0.4) is 0 Å². The number of benzene rings is 1. The first-order valence-corrected chi connectivity index (χ1v) is 4.93. The normalized spacial score (nSPS) is 9.35. The molecule has 0 aliphatic heterocycles. The van der Waals surface area contributed by atoms with E-state index in [0.29, 0.717) is 11.3 Å². The zero-order chi connectivity index (χ0) is 12.1. The summed E-state index contributed by atoms with van der Waals surface area (Å²) in [6.45, 7) is 0. The van der Waals surface area contributed by atoms with Crippen molar-refractivity contribution in [2.45, 2.75) is 0 Å². The second kappa shape index (κ2) is 4.90. The topological polar surface area (TPSA) is 63.0 Å². The average molecular weight is 224 g/mol. The molecule has 0 saturated heterocycles. The Balaban J connectivity index is 2.17. The lowest BCUT2D eigenvalue weighted by atomic mass is 10.2. The largest absolute Gasteiger partial charge is 0.423 e. The van der Waals surface area contributed by atoms with E-state index in [1.165, 1.54) is 18.3 Å². The summed E-state index contributed by atoms with van der Waals surface area (Å²) in [6, 6.07) is 13.5. The fourth-order valence-corrected chi connectivity index (χ4v) is 1.28. The van der Waals surface area contributed by atoms with E-state index in [1.807, 2.05) is 12.1 Å².